The van der Waals surface area contributed by atoms with Crippen LogP contribution in [-0.4, -0.2) is 17.4 Å². The van der Waals surface area contributed by atoms with Crippen LogP contribution in [0.25, 0.3) is 6.08 Å². The zero-order chi connectivity index (χ0) is 16.7. The van der Waals surface area contributed by atoms with Crippen molar-refractivity contribution in [1.29, 1.82) is 0 Å². The van der Waals surface area contributed by atoms with E-state index >= 15 is 0 Å². The zero-order valence-electron chi connectivity index (χ0n) is 12.2. The molecule has 1 aromatic heterocycles. The van der Waals surface area contributed by atoms with Gasteiger partial charge in [-0.3, -0.25) is 9.78 Å². The van der Waals surface area contributed by atoms with Crippen molar-refractivity contribution in [2.75, 3.05) is 6.54 Å². The molecule has 2 rings (SSSR count). The minimum Gasteiger partial charge on any atom is -0.352 e. The summed E-state index contributed by atoms with van der Waals surface area (Å²) in [6, 6.07) is 10.3. The molecule has 0 atom stereocenters. The minimum atomic E-state index is -4.39. The van der Waals surface area contributed by atoms with Crippen molar-refractivity contribution in [3.05, 3.63) is 71.6 Å². The van der Waals surface area contributed by atoms with Crippen molar-refractivity contribution in [3.63, 3.8) is 0 Å². The molecule has 23 heavy (non-hydrogen) atoms. The highest BCUT2D eigenvalue weighted by Gasteiger charge is 2.30. The number of pyridine rings is 1. The van der Waals surface area contributed by atoms with Crippen molar-refractivity contribution in [3.8, 4) is 0 Å². The van der Waals surface area contributed by atoms with Crippen molar-refractivity contribution in [2.45, 2.75) is 12.6 Å². The van der Waals surface area contributed by atoms with Gasteiger partial charge in [0.1, 0.15) is 0 Å². The van der Waals surface area contributed by atoms with E-state index in [9.17, 15) is 18.0 Å². The molecule has 0 spiro atoms. The number of nitrogens with zero attached hydrogens (tertiary/aromatic N) is 1. The van der Waals surface area contributed by atoms with Crippen molar-refractivity contribution in [1.82, 2.24) is 10.3 Å². The lowest BCUT2D eigenvalue weighted by Gasteiger charge is -2.06. The topological polar surface area (TPSA) is 42.0 Å². The van der Waals surface area contributed by atoms with E-state index in [0.29, 0.717) is 18.5 Å². The Morgan fingerprint density at radius 1 is 1.17 bits per heavy atom. The van der Waals surface area contributed by atoms with Gasteiger partial charge in [0.2, 0.25) is 5.91 Å². The minimum absolute atomic E-state index is 0.319. The van der Waals surface area contributed by atoms with Gasteiger partial charge in [-0.1, -0.05) is 18.2 Å². The summed E-state index contributed by atoms with van der Waals surface area (Å²) in [6.07, 6.45) is 0.433. The molecular weight excluding hydrogens is 305 g/mol. The van der Waals surface area contributed by atoms with E-state index in [1.165, 1.54) is 24.3 Å². The summed E-state index contributed by atoms with van der Waals surface area (Å²) in [4.78, 5) is 15.8. The van der Waals surface area contributed by atoms with E-state index in [0.717, 1.165) is 17.8 Å². The Hall–Kier alpha value is -2.63. The summed E-state index contributed by atoms with van der Waals surface area (Å²) in [5, 5.41) is 2.66. The Balaban J connectivity index is 1.86. The SMILES string of the molecule is O=C(/C=C/c1cccc(C(F)(F)F)c1)NCCc1ccccn1. The van der Waals surface area contributed by atoms with Crippen LogP contribution in [0, 0.1) is 0 Å². The van der Waals surface area contributed by atoms with E-state index in [2.05, 4.69) is 10.3 Å². The summed E-state index contributed by atoms with van der Waals surface area (Å²) in [5.74, 6) is -0.363. The van der Waals surface area contributed by atoms with E-state index in [4.69, 9.17) is 0 Å². The zero-order valence-corrected chi connectivity index (χ0v) is 12.2. The highest BCUT2D eigenvalue weighted by Crippen LogP contribution is 2.29. The lowest BCUT2D eigenvalue weighted by atomic mass is 10.1. The van der Waals surface area contributed by atoms with Crippen LogP contribution in [0.2, 0.25) is 0 Å². The third-order valence-corrected chi connectivity index (χ3v) is 3.05. The fourth-order valence-electron chi connectivity index (χ4n) is 1.91. The predicted octanol–water partition coefficient (Wildman–Crippen LogP) is 3.47. The maximum absolute atomic E-state index is 12.6. The number of benzene rings is 1. The second kappa shape index (κ2) is 7.58. The molecule has 0 unspecified atom stereocenters. The lowest BCUT2D eigenvalue weighted by Crippen LogP contribution is -2.23. The fraction of sp³-hybridized carbons (Fsp3) is 0.176. The van der Waals surface area contributed by atoms with Crippen LogP contribution in [0.5, 0.6) is 0 Å². The monoisotopic (exact) mass is 320 g/mol. The first-order valence-electron chi connectivity index (χ1n) is 6.98. The van der Waals surface area contributed by atoms with Crippen LogP contribution in [0.1, 0.15) is 16.8 Å². The van der Waals surface area contributed by atoms with Gasteiger partial charge in [-0.05, 0) is 35.9 Å². The molecule has 0 aliphatic carbocycles. The average Bonchev–Trinajstić information content (AvgIpc) is 2.53. The van der Waals surface area contributed by atoms with Crippen LogP contribution < -0.4 is 5.32 Å². The number of halogens is 3. The number of rotatable bonds is 5. The maximum Gasteiger partial charge on any atom is 0.416 e. The molecule has 3 nitrogen and oxygen atoms in total. The van der Waals surface area contributed by atoms with Gasteiger partial charge in [-0.25, -0.2) is 0 Å². The Labute approximate surface area is 131 Å². The van der Waals surface area contributed by atoms with Gasteiger partial charge >= 0.3 is 6.18 Å². The molecule has 1 aromatic carbocycles. The van der Waals surface area contributed by atoms with E-state index in [1.807, 2.05) is 12.1 Å². The standard InChI is InChI=1S/C17H15F3N2O/c18-17(19,20)14-5-3-4-13(12-14)7-8-16(23)22-11-9-15-6-1-2-10-21-15/h1-8,10,12H,9,11H2,(H,22,23)/b8-7+. The van der Waals surface area contributed by atoms with Gasteiger partial charge in [-0.15, -0.1) is 0 Å². The number of hydrogen-bond donors (Lipinski definition) is 1. The second-order valence-corrected chi connectivity index (χ2v) is 4.82. The molecule has 1 N–H and O–H groups in total. The quantitative estimate of drug-likeness (QED) is 0.857. The van der Waals surface area contributed by atoms with Crippen LogP contribution >= 0.6 is 0 Å². The summed E-state index contributed by atoms with van der Waals surface area (Å²) in [5.41, 5.74) is 0.435. The molecule has 0 aliphatic heterocycles. The van der Waals surface area contributed by atoms with Crippen LogP contribution in [-0.2, 0) is 17.4 Å². The molecule has 120 valence electrons. The first kappa shape index (κ1) is 16.7. The van der Waals surface area contributed by atoms with Crippen molar-refractivity contribution in [2.24, 2.45) is 0 Å². The molecule has 2 aromatic rings. The fourth-order valence-corrected chi connectivity index (χ4v) is 1.91. The molecule has 0 saturated heterocycles. The molecule has 0 aliphatic rings. The lowest BCUT2D eigenvalue weighted by molar-refractivity contribution is -0.137. The Morgan fingerprint density at radius 3 is 2.70 bits per heavy atom. The number of aromatic nitrogens is 1. The van der Waals surface area contributed by atoms with Crippen molar-refractivity contribution >= 4 is 12.0 Å². The molecule has 1 amide bonds. The highest BCUT2D eigenvalue weighted by molar-refractivity contribution is 5.91. The van der Waals surface area contributed by atoms with E-state index in [1.54, 1.807) is 12.3 Å². The number of nitrogens with one attached hydrogen (secondary N) is 1. The summed E-state index contributed by atoms with van der Waals surface area (Å²) in [6.45, 7) is 0.406. The number of alkyl halides is 3. The predicted molar refractivity (Wildman–Crippen MR) is 81.4 cm³/mol. The average molecular weight is 320 g/mol. The molecule has 0 saturated carbocycles. The molecular formula is C17H15F3N2O. The number of hydrogen-bond acceptors (Lipinski definition) is 2. The van der Waals surface area contributed by atoms with Gasteiger partial charge in [0, 0.05) is 30.9 Å². The first-order valence-corrected chi connectivity index (χ1v) is 6.98. The molecule has 0 fully saturated rings. The van der Waals surface area contributed by atoms with E-state index < -0.39 is 11.7 Å². The van der Waals surface area contributed by atoms with Crippen LogP contribution in [0.3, 0.4) is 0 Å². The van der Waals surface area contributed by atoms with Crippen LogP contribution in [0.15, 0.2) is 54.7 Å². The second-order valence-electron chi connectivity index (χ2n) is 4.82. The van der Waals surface area contributed by atoms with Crippen molar-refractivity contribution < 1.29 is 18.0 Å². The summed E-state index contributed by atoms with van der Waals surface area (Å²) < 4.78 is 37.8. The third kappa shape index (κ3) is 5.58. The van der Waals surface area contributed by atoms with Gasteiger partial charge in [0.15, 0.2) is 0 Å². The highest BCUT2D eigenvalue weighted by atomic mass is 19.4. The van der Waals surface area contributed by atoms with Crippen LogP contribution in [0.4, 0.5) is 13.2 Å². The smallest absolute Gasteiger partial charge is 0.352 e. The Morgan fingerprint density at radius 2 is 2.00 bits per heavy atom. The normalized spacial score (nSPS) is 11.6. The Kier molecular flexibility index (Phi) is 5.51. The molecule has 0 radical (unpaired) electrons. The van der Waals surface area contributed by atoms with E-state index in [-0.39, 0.29) is 5.91 Å². The molecule has 1 heterocycles. The Bertz CT molecular complexity index is 682. The van der Waals surface area contributed by atoms with Gasteiger partial charge in [-0.2, -0.15) is 13.2 Å². The van der Waals surface area contributed by atoms with Gasteiger partial charge in [0.05, 0.1) is 5.56 Å². The number of carbonyl (C=O) groups excluding carboxylic acids is 1. The van der Waals surface area contributed by atoms with Gasteiger partial charge < -0.3 is 5.32 Å². The van der Waals surface area contributed by atoms with Gasteiger partial charge in [0.25, 0.3) is 0 Å². The summed E-state index contributed by atoms with van der Waals surface area (Å²) >= 11 is 0. The third-order valence-electron chi connectivity index (χ3n) is 3.05. The first-order chi connectivity index (χ1) is 10.9. The molecule has 0 bridgehead atoms. The summed E-state index contributed by atoms with van der Waals surface area (Å²) in [7, 11) is 0. The molecule has 6 heteroatoms. The maximum atomic E-state index is 12.6. The largest absolute Gasteiger partial charge is 0.416 e. The number of carbonyl (C=O) groups is 1. The number of amides is 1.